The van der Waals surface area contributed by atoms with Gasteiger partial charge >= 0.3 is 0 Å². The van der Waals surface area contributed by atoms with Crippen molar-refractivity contribution in [3.63, 3.8) is 0 Å². The molecular weight excluding hydrogens is 334 g/mol. The van der Waals surface area contributed by atoms with Crippen LogP contribution < -0.4 is 20.1 Å². The Bertz CT molecular complexity index is 722. The molecule has 0 aliphatic rings. The molecule has 0 amide bonds. The topological polar surface area (TPSA) is 55.4 Å². The number of benzene rings is 1. The fourth-order valence-electron chi connectivity index (χ4n) is 2.38. The molecule has 25 heavy (non-hydrogen) atoms. The van der Waals surface area contributed by atoms with E-state index in [1.54, 1.807) is 6.20 Å². The Hall–Kier alpha value is -2.34. The molecule has 1 atom stereocenters. The predicted molar refractivity (Wildman–Crippen MR) is 106 cm³/mol. The fraction of sp³-hybridized carbons (Fsp3) is 0.368. The van der Waals surface area contributed by atoms with Gasteiger partial charge in [0.1, 0.15) is 5.82 Å². The molecule has 1 aromatic heterocycles. The van der Waals surface area contributed by atoms with Crippen LogP contribution >= 0.6 is 12.2 Å². The second-order valence-corrected chi connectivity index (χ2v) is 5.97. The average molecular weight is 359 g/mol. The van der Waals surface area contributed by atoms with Crippen LogP contribution in [0, 0.1) is 6.92 Å². The minimum atomic E-state index is 0.0129. The number of rotatable bonds is 7. The molecule has 0 unspecified atom stereocenters. The molecule has 0 saturated heterocycles. The first-order valence-corrected chi connectivity index (χ1v) is 8.84. The van der Waals surface area contributed by atoms with Gasteiger partial charge in [-0.25, -0.2) is 4.98 Å². The first-order valence-electron chi connectivity index (χ1n) is 8.43. The molecule has 2 N–H and O–H groups in total. The molecule has 1 aromatic carbocycles. The number of hydrogen-bond acceptors (Lipinski definition) is 4. The molecule has 0 aliphatic carbocycles. The maximum atomic E-state index is 5.69. The minimum absolute atomic E-state index is 0.0129. The zero-order valence-corrected chi connectivity index (χ0v) is 15.9. The number of pyridine rings is 1. The van der Waals surface area contributed by atoms with Crippen LogP contribution in [0.1, 0.15) is 37.9 Å². The second kappa shape index (κ2) is 9.22. The summed E-state index contributed by atoms with van der Waals surface area (Å²) in [6, 6.07) is 9.83. The van der Waals surface area contributed by atoms with Crippen LogP contribution in [0.25, 0.3) is 0 Å². The van der Waals surface area contributed by atoms with E-state index in [4.69, 9.17) is 21.7 Å². The number of aromatic nitrogens is 1. The highest BCUT2D eigenvalue weighted by molar-refractivity contribution is 7.80. The number of aryl methyl sites for hydroxylation is 1. The molecule has 0 saturated carbocycles. The first kappa shape index (κ1) is 19.0. The minimum Gasteiger partial charge on any atom is -0.490 e. The molecule has 6 heteroatoms. The summed E-state index contributed by atoms with van der Waals surface area (Å²) in [4.78, 5) is 4.29. The summed E-state index contributed by atoms with van der Waals surface area (Å²) in [6.45, 7) is 9.14. The Morgan fingerprint density at radius 1 is 1.16 bits per heavy atom. The summed E-state index contributed by atoms with van der Waals surface area (Å²) in [5.41, 5.74) is 2.10. The largest absolute Gasteiger partial charge is 0.490 e. The third-order valence-corrected chi connectivity index (χ3v) is 3.88. The van der Waals surface area contributed by atoms with Crippen LogP contribution in [0.4, 0.5) is 5.82 Å². The molecular formula is C19H25N3O2S. The quantitative estimate of drug-likeness (QED) is 0.722. The Kier molecular flexibility index (Phi) is 7.01. The maximum Gasteiger partial charge on any atom is 0.172 e. The van der Waals surface area contributed by atoms with E-state index in [0.717, 1.165) is 28.4 Å². The molecule has 2 aromatic rings. The van der Waals surface area contributed by atoms with E-state index in [-0.39, 0.29) is 6.04 Å². The number of thiocarbonyl (C=S) groups is 1. The van der Waals surface area contributed by atoms with Crippen LogP contribution in [0.15, 0.2) is 36.5 Å². The van der Waals surface area contributed by atoms with Gasteiger partial charge in [-0.05, 0) is 69.2 Å². The molecule has 2 rings (SSSR count). The van der Waals surface area contributed by atoms with Crippen molar-refractivity contribution in [2.45, 2.75) is 33.7 Å². The van der Waals surface area contributed by atoms with Crippen molar-refractivity contribution >= 4 is 23.1 Å². The SMILES string of the molecule is CCOc1ccc([C@@H](C)NC(=S)Nc2ncccc2C)cc1OCC. The van der Waals surface area contributed by atoms with Gasteiger partial charge in [-0.2, -0.15) is 0 Å². The lowest BCUT2D eigenvalue weighted by molar-refractivity contribution is 0.287. The van der Waals surface area contributed by atoms with Crippen LogP contribution in [0.2, 0.25) is 0 Å². The Morgan fingerprint density at radius 2 is 1.88 bits per heavy atom. The smallest absolute Gasteiger partial charge is 0.172 e. The van der Waals surface area contributed by atoms with Gasteiger partial charge in [0.25, 0.3) is 0 Å². The lowest BCUT2D eigenvalue weighted by Crippen LogP contribution is -2.31. The Balaban J connectivity index is 2.06. The highest BCUT2D eigenvalue weighted by Crippen LogP contribution is 2.30. The Labute approximate surface area is 154 Å². The predicted octanol–water partition coefficient (Wildman–Crippen LogP) is 4.24. The molecule has 0 radical (unpaired) electrons. The second-order valence-electron chi connectivity index (χ2n) is 5.56. The number of nitrogens with one attached hydrogen (secondary N) is 2. The van der Waals surface area contributed by atoms with E-state index in [1.165, 1.54) is 0 Å². The van der Waals surface area contributed by atoms with E-state index < -0.39 is 0 Å². The summed E-state index contributed by atoms with van der Waals surface area (Å²) >= 11 is 5.41. The van der Waals surface area contributed by atoms with Gasteiger partial charge in [0.2, 0.25) is 0 Å². The van der Waals surface area contributed by atoms with Gasteiger partial charge < -0.3 is 20.1 Å². The number of nitrogens with zero attached hydrogens (tertiary/aromatic N) is 1. The van der Waals surface area contributed by atoms with Crippen molar-refractivity contribution < 1.29 is 9.47 Å². The molecule has 1 heterocycles. The van der Waals surface area contributed by atoms with Gasteiger partial charge in [-0.15, -0.1) is 0 Å². The van der Waals surface area contributed by atoms with Crippen molar-refractivity contribution in [3.8, 4) is 11.5 Å². The third kappa shape index (κ3) is 5.32. The van der Waals surface area contributed by atoms with Crippen LogP contribution in [0.3, 0.4) is 0 Å². The fourth-order valence-corrected chi connectivity index (χ4v) is 2.65. The van der Waals surface area contributed by atoms with Crippen molar-refractivity contribution in [2.75, 3.05) is 18.5 Å². The standard InChI is InChI=1S/C19H25N3O2S/c1-5-23-16-10-9-15(12-17(16)24-6-2)14(4)21-19(25)22-18-13(3)8-7-11-20-18/h7-12,14H,5-6H2,1-4H3,(H2,20,21,22,25)/t14-/m1/s1. The zero-order valence-electron chi connectivity index (χ0n) is 15.1. The van der Waals surface area contributed by atoms with E-state index >= 15 is 0 Å². The van der Waals surface area contributed by atoms with Crippen molar-refractivity contribution in [1.29, 1.82) is 0 Å². The normalized spacial score (nSPS) is 11.5. The summed E-state index contributed by atoms with van der Waals surface area (Å²) < 4.78 is 11.3. The van der Waals surface area contributed by atoms with E-state index in [1.807, 2.05) is 58.0 Å². The summed E-state index contributed by atoms with van der Waals surface area (Å²) in [7, 11) is 0. The number of ether oxygens (including phenoxy) is 2. The summed E-state index contributed by atoms with van der Waals surface area (Å²) in [6.07, 6.45) is 1.74. The lowest BCUT2D eigenvalue weighted by atomic mass is 10.1. The van der Waals surface area contributed by atoms with Crippen LogP contribution in [-0.4, -0.2) is 23.3 Å². The maximum absolute atomic E-state index is 5.69. The molecule has 0 aliphatic heterocycles. The van der Waals surface area contributed by atoms with E-state index in [9.17, 15) is 0 Å². The van der Waals surface area contributed by atoms with Crippen molar-refractivity contribution in [2.24, 2.45) is 0 Å². The molecule has 134 valence electrons. The van der Waals surface area contributed by atoms with Crippen LogP contribution in [-0.2, 0) is 0 Å². The third-order valence-electron chi connectivity index (χ3n) is 3.66. The van der Waals surface area contributed by atoms with Gasteiger partial charge in [-0.1, -0.05) is 12.1 Å². The van der Waals surface area contributed by atoms with Gasteiger partial charge in [0.05, 0.1) is 19.3 Å². The molecule has 0 fully saturated rings. The molecule has 0 spiro atoms. The van der Waals surface area contributed by atoms with Crippen LogP contribution in [0.5, 0.6) is 11.5 Å². The average Bonchev–Trinajstić information content (AvgIpc) is 2.59. The van der Waals surface area contributed by atoms with Gasteiger partial charge in [-0.3, -0.25) is 0 Å². The number of anilines is 1. The highest BCUT2D eigenvalue weighted by atomic mass is 32.1. The zero-order chi connectivity index (χ0) is 18.2. The lowest BCUT2D eigenvalue weighted by Gasteiger charge is -2.19. The molecule has 5 nitrogen and oxygen atoms in total. The summed E-state index contributed by atoms with van der Waals surface area (Å²) in [5, 5.41) is 6.94. The Morgan fingerprint density at radius 3 is 2.56 bits per heavy atom. The first-order chi connectivity index (χ1) is 12.0. The molecule has 0 bridgehead atoms. The van der Waals surface area contributed by atoms with E-state index in [2.05, 4.69) is 15.6 Å². The van der Waals surface area contributed by atoms with Gasteiger partial charge in [0.15, 0.2) is 16.6 Å². The van der Waals surface area contributed by atoms with E-state index in [0.29, 0.717) is 18.3 Å². The van der Waals surface area contributed by atoms with Crippen molar-refractivity contribution in [1.82, 2.24) is 10.3 Å². The van der Waals surface area contributed by atoms with Crippen molar-refractivity contribution in [3.05, 3.63) is 47.7 Å². The monoisotopic (exact) mass is 359 g/mol. The summed E-state index contributed by atoms with van der Waals surface area (Å²) in [5.74, 6) is 2.26. The highest BCUT2D eigenvalue weighted by Gasteiger charge is 2.12. The van der Waals surface area contributed by atoms with Gasteiger partial charge in [0, 0.05) is 6.20 Å². The number of hydrogen-bond donors (Lipinski definition) is 2.